The minimum atomic E-state index is -0.322. The summed E-state index contributed by atoms with van der Waals surface area (Å²) in [5.74, 6) is 0.638. The van der Waals surface area contributed by atoms with Crippen molar-refractivity contribution in [3.63, 3.8) is 0 Å². The van der Waals surface area contributed by atoms with Crippen LogP contribution in [-0.2, 0) is 0 Å². The van der Waals surface area contributed by atoms with Gasteiger partial charge in [0.2, 0.25) is 5.95 Å². The molecular weight excluding hydrogens is 231 g/mol. The lowest BCUT2D eigenvalue weighted by Crippen LogP contribution is -2.40. The Morgan fingerprint density at radius 1 is 1.44 bits per heavy atom. The van der Waals surface area contributed by atoms with Gasteiger partial charge in [-0.3, -0.25) is 0 Å². The van der Waals surface area contributed by atoms with E-state index in [0.29, 0.717) is 17.8 Å². The van der Waals surface area contributed by atoms with E-state index in [0.717, 1.165) is 32.4 Å². The highest BCUT2D eigenvalue weighted by Gasteiger charge is 2.25. The zero-order valence-corrected chi connectivity index (χ0v) is 11.1. The summed E-state index contributed by atoms with van der Waals surface area (Å²) in [6.45, 7) is 5.75. The summed E-state index contributed by atoms with van der Waals surface area (Å²) in [5.41, 5.74) is 0. The summed E-state index contributed by atoms with van der Waals surface area (Å²) in [6.07, 6.45) is 5.75. The first-order chi connectivity index (χ1) is 8.76. The molecule has 5 heteroatoms. The first kappa shape index (κ1) is 13.1. The van der Waals surface area contributed by atoms with Gasteiger partial charge >= 0.3 is 0 Å². The number of nitrogens with zero attached hydrogens (tertiary/aromatic N) is 3. The van der Waals surface area contributed by atoms with E-state index in [2.05, 4.69) is 27.1 Å². The molecule has 1 atom stereocenters. The van der Waals surface area contributed by atoms with Gasteiger partial charge in [0.05, 0.1) is 6.20 Å². The van der Waals surface area contributed by atoms with Crippen molar-refractivity contribution in [1.82, 2.24) is 9.97 Å². The lowest BCUT2D eigenvalue weighted by Gasteiger charge is -2.36. The van der Waals surface area contributed by atoms with E-state index >= 15 is 0 Å². The van der Waals surface area contributed by atoms with Crippen molar-refractivity contribution >= 4 is 11.8 Å². The molecule has 2 rings (SSSR count). The average Bonchev–Trinajstić information content (AvgIpc) is 2.41. The molecule has 1 N–H and O–H groups in total. The van der Waals surface area contributed by atoms with Gasteiger partial charge in [0.1, 0.15) is 0 Å². The number of rotatable bonds is 4. The van der Waals surface area contributed by atoms with Gasteiger partial charge in [-0.15, -0.1) is 0 Å². The number of nitrogens with one attached hydrogen (secondary N) is 1. The maximum atomic E-state index is 13.9. The summed E-state index contributed by atoms with van der Waals surface area (Å²) in [6, 6.07) is 0.401. The van der Waals surface area contributed by atoms with Crippen molar-refractivity contribution in [2.24, 2.45) is 0 Å². The molecule has 1 aliphatic heterocycles. The van der Waals surface area contributed by atoms with Crippen LogP contribution >= 0.6 is 0 Å². The molecular formula is C13H21FN4. The maximum Gasteiger partial charge on any atom is 0.224 e. The Balaban J connectivity index is 2.26. The number of hydrogen-bond donors (Lipinski definition) is 1. The van der Waals surface area contributed by atoms with Gasteiger partial charge in [-0.25, -0.2) is 9.37 Å². The molecule has 0 amide bonds. The van der Waals surface area contributed by atoms with E-state index in [1.54, 1.807) is 0 Å². The highest BCUT2D eigenvalue weighted by Crippen LogP contribution is 2.27. The molecule has 0 aromatic carbocycles. The van der Waals surface area contributed by atoms with Crippen LogP contribution in [0.15, 0.2) is 6.20 Å². The number of halogens is 1. The highest BCUT2D eigenvalue weighted by atomic mass is 19.1. The minimum Gasteiger partial charge on any atom is -0.354 e. The molecule has 100 valence electrons. The molecule has 1 aromatic rings. The fourth-order valence-electron chi connectivity index (χ4n) is 2.51. The summed E-state index contributed by atoms with van der Waals surface area (Å²) >= 11 is 0. The van der Waals surface area contributed by atoms with Crippen LogP contribution in [0.1, 0.15) is 39.5 Å². The van der Waals surface area contributed by atoms with Crippen LogP contribution in [0.2, 0.25) is 0 Å². The monoisotopic (exact) mass is 252 g/mol. The molecule has 2 heterocycles. The zero-order chi connectivity index (χ0) is 13.0. The Hall–Kier alpha value is -1.39. The molecule has 0 radical (unpaired) electrons. The van der Waals surface area contributed by atoms with Gasteiger partial charge < -0.3 is 10.2 Å². The average molecular weight is 252 g/mol. The fraction of sp³-hybridized carbons (Fsp3) is 0.692. The standard InChI is InChI=1S/C13H21FN4/c1-3-10-7-5-6-8-18(10)12-11(14)9-16-13(17-12)15-4-2/h9-10H,3-8H2,1-2H3,(H,15,16,17). The van der Waals surface area contributed by atoms with Crippen LogP contribution in [-0.4, -0.2) is 29.1 Å². The van der Waals surface area contributed by atoms with Crippen LogP contribution in [0, 0.1) is 5.82 Å². The van der Waals surface area contributed by atoms with Crippen molar-refractivity contribution in [1.29, 1.82) is 0 Å². The van der Waals surface area contributed by atoms with Crippen LogP contribution in [0.25, 0.3) is 0 Å². The minimum absolute atomic E-state index is 0.322. The molecule has 1 saturated heterocycles. The molecule has 1 unspecified atom stereocenters. The van der Waals surface area contributed by atoms with Crippen LogP contribution < -0.4 is 10.2 Å². The van der Waals surface area contributed by atoms with E-state index in [-0.39, 0.29) is 5.82 Å². The first-order valence-corrected chi connectivity index (χ1v) is 6.79. The Morgan fingerprint density at radius 3 is 3.00 bits per heavy atom. The summed E-state index contributed by atoms with van der Waals surface area (Å²) < 4.78 is 13.9. The number of anilines is 2. The third-order valence-corrected chi connectivity index (χ3v) is 3.43. The van der Waals surface area contributed by atoms with Crippen molar-refractivity contribution in [3.05, 3.63) is 12.0 Å². The Bertz CT molecular complexity index is 397. The van der Waals surface area contributed by atoms with Gasteiger partial charge in [-0.1, -0.05) is 6.92 Å². The molecule has 0 spiro atoms. The van der Waals surface area contributed by atoms with E-state index in [9.17, 15) is 4.39 Å². The summed E-state index contributed by atoms with van der Waals surface area (Å²) in [7, 11) is 0. The molecule has 1 fully saturated rings. The molecule has 0 saturated carbocycles. The predicted octanol–water partition coefficient (Wildman–Crippen LogP) is 2.82. The maximum absolute atomic E-state index is 13.9. The largest absolute Gasteiger partial charge is 0.354 e. The Labute approximate surface area is 108 Å². The second-order valence-corrected chi connectivity index (χ2v) is 4.65. The molecule has 1 aromatic heterocycles. The lowest BCUT2D eigenvalue weighted by atomic mass is 10.00. The third-order valence-electron chi connectivity index (χ3n) is 3.43. The van der Waals surface area contributed by atoms with E-state index in [4.69, 9.17) is 0 Å². The smallest absolute Gasteiger partial charge is 0.224 e. The lowest BCUT2D eigenvalue weighted by molar-refractivity contribution is 0.438. The SMILES string of the molecule is CCNc1ncc(F)c(N2CCCCC2CC)n1. The first-order valence-electron chi connectivity index (χ1n) is 6.79. The van der Waals surface area contributed by atoms with Crippen molar-refractivity contribution < 1.29 is 4.39 Å². The van der Waals surface area contributed by atoms with Crippen molar-refractivity contribution in [2.75, 3.05) is 23.3 Å². The number of piperidine rings is 1. The molecule has 4 nitrogen and oxygen atoms in total. The van der Waals surface area contributed by atoms with Crippen LogP contribution in [0.4, 0.5) is 16.2 Å². The van der Waals surface area contributed by atoms with Gasteiger partial charge in [0, 0.05) is 19.1 Å². The summed E-state index contributed by atoms with van der Waals surface area (Å²) in [5, 5.41) is 3.03. The highest BCUT2D eigenvalue weighted by molar-refractivity contribution is 5.45. The fourth-order valence-corrected chi connectivity index (χ4v) is 2.51. The van der Waals surface area contributed by atoms with Gasteiger partial charge in [0.15, 0.2) is 11.6 Å². The molecule has 0 bridgehead atoms. The van der Waals surface area contributed by atoms with Crippen molar-refractivity contribution in [2.45, 2.75) is 45.6 Å². The Kier molecular flexibility index (Phi) is 4.33. The second-order valence-electron chi connectivity index (χ2n) is 4.65. The topological polar surface area (TPSA) is 41.1 Å². The third kappa shape index (κ3) is 2.71. The van der Waals surface area contributed by atoms with Crippen molar-refractivity contribution in [3.8, 4) is 0 Å². The second kappa shape index (κ2) is 5.98. The number of hydrogen-bond acceptors (Lipinski definition) is 4. The van der Waals surface area contributed by atoms with Crippen LogP contribution in [0.3, 0.4) is 0 Å². The van der Waals surface area contributed by atoms with Crippen LogP contribution in [0.5, 0.6) is 0 Å². The van der Waals surface area contributed by atoms with Gasteiger partial charge in [-0.2, -0.15) is 4.98 Å². The molecule has 1 aliphatic rings. The molecule has 0 aliphatic carbocycles. The zero-order valence-electron chi connectivity index (χ0n) is 11.1. The predicted molar refractivity (Wildman–Crippen MR) is 71.4 cm³/mol. The normalized spacial score (nSPS) is 19.9. The quantitative estimate of drug-likeness (QED) is 0.894. The number of aromatic nitrogens is 2. The van der Waals surface area contributed by atoms with E-state index in [1.165, 1.54) is 12.6 Å². The van der Waals surface area contributed by atoms with E-state index in [1.807, 2.05) is 6.92 Å². The van der Waals surface area contributed by atoms with E-state index < -0.39 is 0 Å². The Morgan fingerprint density at radius 2 is 2.28 bits per heavy atom. The van der Waals surface area contributed by atoms with Gasteiger partial charge in [0.25, 0.3) is 0 Å². The summed E-state index contributed by atoms with van der Waals surface area (Å²) in [4.78, 5) is 10.4. The van der Waals surface area contributed by atoms with Gasteiger partial charge in [-0.05, 0) is 32.6 Å². The molecule has 18 heavy (non-hydrogen) atoms.